The average molecular weight is 328 g/mol. The van der Waals surface area contributed by atoms with Crippen LogP contribution in [-0.4, -0.2) is 41.6 Å². The summed E-state index contributed by atoms with van der Waals surface area (Å²) >= 11 is 0. The van der Waals surface area contributed by atoms with Crippen LogP contribution < -0.4 is 0 Å². The van der Waals surface area contributed by atoms with Crippen molar-refractivity contribution in [2.45, 2.75) is 24.8 Å². The minimum Gasteiger partial charge on any atom is -0.382 e. The van der Waals surface area contributed by atoms with E-state index in [4.69, 9.17) is 14.2 Å². The van der Waals surface area contributed by atoms with Gasteiger partial charge in [-0.2, -0.15) is 0 Å². The van der Waals surface area contributed by atoms with E-state index in [-0.39, 0.29) is 23.7 Å². The Hall–Kier alpha value is -1.21. The maximum Gasteiger partial charge on any atom is 0.199 e. The van der Waals surface area contributed by atoms with Crippen molar-refractivity contribution in [3.05, 3.63) is 41.8 Å². The van der Waals surface area contributed by atoms with Gasteiger partial charge in [0, 0.05) is 12.5 Å². The SMILES string of the molecule is COCCOCOC(/C=C/S(=O)(=O)c1ccccc1)C(C)C. The molecule has 0 saturated heterocycles. The summed E-state index contributed by atoms with van der Waals surface area (Å²) in [5.74, 6) is 0.133. The molecule has 0 spiro atoms. The molecule has 0 radical (unpaired) electrons. The average Bonchev–Trinajstić information content (AvgIpc) is 2.50. The molecule has 124 valence electrons. The second-order valence-corrected chi connectivity index (χ2v) is 6.91. The van der Waals surface area contributed by atoms with Gasteiger partial charge < -0.3 is 14.2 Å². The van der Waals surface area contributed by atoms with Crippen LogP contribution in [0.2, 0.25) is 0 Å². The van der Waals surface area contributed by atoms with Crippen LogP contribution in [0.5, 0.6) is 0 Å². The van der Waals surface area contributed by atoms with E-state index in [1.165, 1.54) is 5.41 Å². The maximum atomic E-state index is 12.2. The molecule has 0 amide bonds. The van der Waals surface area contributed by atoms with E-state index < -0.39 is 9.84 Å². The van der Waals surface area contributed by atoms with Crippen molar-refractivity contribution in [2.75, 3.05) is 27.1 Å². The van der Waals surface area contributed by atoms with Gasteiger partial charge in [0.2, 0.25) is 0 Å². The first-order valence-electron chi connectivity index (χ1n) is 7.14. The Morgan fingerprint density at radius 2 is 1.82 bits per heavy atom. The maximum absolute atomic E-state index is 12.2. The molecular weight excluding hydrogens is 304 g/mol. The lowest BCUT2D eigenvalue weighted by Crippen LogP contribution is -2.20. The third kappa shape index (κ3) is 6.70. The molecule has 0 aliphatic heterocycles. The van der Waals surface area contributed by atoms with Gasteiger partial charge in [0.15, 0.2) is 9.84 Å². The molecule has 0 aromatic heterocycles. The summed E-state index contributed by atoms with van der Waals surface area (Å²) in [5.41, 5.74) is 0. The van der Waals surface area contributed by atoms with E-state index in [9.17, 15) is 8.42 Å². The molecule has 1 aromatic rings. The molecule has 5 nitrogen and oxygen atoms in total. The molecule has 1 unspecified atom stereocenters. The van der Waals surface area contributed by atoms with E-state index in [1.54, 1.807) is 43.5 Å². The summed E-state index contributed by atoms with van der Waals surface area (Å²) in [7, 11) is -1.85. The van der Waals surface area contributed by atoms with Crippen LogP contribution in [-0.2, 0) is 24.0 Å². The minimum atomic E-state index is -3.45. The van der Waals surface area contributed by atoms with Crippen molar-refractivity contribution in [3.63, 3.8) is 0 Å². The van der Waals surface area contributed by atoms with Crippen molar-refractivity contribution < 1.29 is 22.6 Å². The largest absolute Gasteiger partial charge is 0.382 e. The van der Waals surface area contributed by atoms with E-state index in [0.717, 1.165) is 0 Å². The lowest BCUT2D eigenvalue weighted by molar-refractivity contribution is -0.0947. The Morgan fingerprint density at radius 3 is 2.41 bits per heavy atom. The van der Waals surface area contributed by atoms with Gasteiger partial charge in [0.1, 0.15) is 6.79 Å². The molecule has 1 rings (SSSR count). The molecule has 0 N–H and O–H groups in total. The van der Waals surface area contributed by atoms with Crippen LogP contribution in [0, 0.1) is 5.92 Å². The second-order valence-electron chi connectivity index (χ2n) is 5.08. The Bertz CT molecular complexity index is 537. The lowest BCUT2D eigenvalue weighted by Gasteiger charge is -2.17. The monoisotopic (exact) mass is 328 g/mol. The highest BCUT2D eigenvalue weighted by atomic mass is 32.2. The van der Waals surface area contributed by atoms with Gasteiger partial charge in [-0.25, -0.2) is 8.42 Å². The predicted molar refractivity (Wildman–Crippen MR) is 85.2 cm³/mol. The van der Waals surface area contributed by atoms with Crippen molar-refractivity contribution in [3.8, 4) is 0 Å². The Balaban J connectivity index is 2.62. The minimum absolute atomic E-state index is 0.0991. The first-order chi connectivity index (χ1) is 10.5. The quantitative estimate of drug-likeness (QED) is 0.488. The number of rotatable bonds is 10. The van der Waals surface area contributed by atoms with Crippen molar-refractivity contribution >= 4 is 9.84 Å². The fourth-order valence-electron chi connectivity index (χ4n) is 1.67. The molecule has 0 aliphatic carbocycles. The zero-order chi connectivity index (χ0) is 16.4. The summed E-state index contributed by atoms with van der Waals surface area (Å²) in [6.07, 6.45) is 1.23. The molecule has 0 aliphatic rings. The summed E-state index contributed by atoms with van der Waals surface area (Å²) in [5, 5.41) is 1.20. The van der Waals surface area contributed by atoms with E-state index in [1.807, 2.05) is 13.8 Å². The molecule has 0 heterocycles. The van der Waals surface area contributed by atoms with E-state index >= 15 is 0 Å². The highest BCUT2D eigenvalue weighted by Crippen LogP contribution is 2.14. The number of sulfone groups is 1. The Labute approximate surface area is 132 Å². The number of methoxy groups -OCH3 is 1. The van der Waals surface area contributed by atoms with Crippen LogP contribution in [0.4, 0.5) is 0 Å². The Kier molecular flexibility index (Phi) is 8.34. The molecule has 1 atom stereocenters. The van der Waals surface area contributed by atoms with Crippen LogP contribution in [0.25, 0.3) is 0 Å². The highest BCUT2D eigenvalue weighted by molar-refractivity contribution is 7.94. The van der Waals surface area contributed by atoms with E-state index in [2.05, 4.69) is 0 Å². The van der Waals surface area contributed by atoms with Crippen LogP contribution in [0.15, 0.2) is 46.7 Å². The third-order valence-corrected chi connectivity index (χ3v) is 4.40. The first-order valence-corrected chi connectivity index (χ1v) is 8.68. The molecule has 0 fully saturated rings. The number of benzene rings is 1. The highest BCUT2D eigenvalue weighted by Gasteiger charge is 2.14. The Morgan fingerprint density at radius 1 is 1.14 bits per heavy atom. The van der Waals surface area contributed by atoms with Gasteiger partial charge >= 0.3 is 0 Å². The van der Waals surface area contributed by atoms with Crippen LogP contribution >= 0.6 is 0 Å². The van der Waals surface area contributed by atoms with Gasteiger partial charge in [-0.3, -0.25) is 0 Å². The molecule has 0 saturated carbocycles. The second kappa shape index (κ2) is 9.74. The summed E-state index contributed by atoms with van der Waals surface area (Å²) < 4.78 is 40.0. The zero-order valence-electron chi connectivity index (χ0n) is 13.3. The van der Waals surface area contributed by atoms with Crippen LogP contribution in [0.3, 0.4) is 0 Å². The number of ether oxygens (including phenoxy) is 3. The number of hydrogen-bond donors (Lipinski definition) is 0. The standard InChI is InChI=1S/C16H24O5S/c1-14(2)16(21-13-20-11-10-19-3)9-12-22(17,18)15-7-5-4-6-8-15/h4-9,12,14,16H,10-11,13H2,1-3H3/b12-9+. The molecule has 0 bridgehead atoms. The predicted octanol–water partition coefficient (Wildman–Crippen LogP) is 2.64. The third-order valence-electron chi connectivity index (χ3n) is 2.95. The first kappa shape index (κ1) is 18.8. The summed E-state index contributed by atoms with van der Waals surface area (Å²) in [6.45, 7) is 4.95. The van der Waals surface area contributed by atoms with Crippen LogP contribution in [0.1, 0.15) is 13.8 Å². The van der Waals surface area contributed by atoms with Gasteiger partial charge in [-0.1, -0.05) is 32.0 Å². The van der Waals surface area contributed by atoms with Crippen molar-refractivity contribution in [2.24, 2.45) is 5.92 Å². The van der Waals surface area contributed by atoms with Crippen molar-refractivity contribution in [1.82, 2.24) is 0 Å². The molecule has 1 aromatic carbocycles. The lowest BCUT2D eigenvalue weighted by atomic mass is 10.1. The molecule has 6 heteroatoms. The zero-order valence-corrected chi connectivity index (χ0v) is 14.1. The van der Waals surface area contributed by atoms with Gasteiger partial charge in [0.25, 0.3) is 0 Å². The van der Waals surface area contributed by atoms with Gasteiger partial charge in [0.05, 0.1) is 24.2 Å². The van der Waals surface area contributed by atoms with E-state index in [0.29, 0.717) is 13.2 Å². The van der Waals surface area contributed by atoms with Gasteiger partial charge in [-0.15, -0.1) is 0 Å². The smallest absolute Gasteiger partial charge is 0.199 e. The van der Waals surface area contributed by atoms with Gasteiger partial charge in [-0.05, 0) is 24.1 Å². The van der Waals surface area contributed by atoms with Crippen molar-refractivity contribution in [1.29, 1.82) is 0 Å². The fourth-order valence-corrected chi connectivity index (χ4v) is 2.72. The normalized spacial score (nSPS) is 13.8. The summed E-state index contributed by atoms with van der Waals surface area (Å²) in [4.78, 5) is 0.269. The topological polar surface area (TPSA) is 61.8 Å². The summed E-state index contributed by atoms with van der Waals surface area (Å²) in [6, 6.07) is 8.30. The molecular formula is C16H24O5S. The fraction of sp³-hybridized carbons (Fsp3) is 0.500. The number of hydrogen-bond acceptors (Lipinski definition) is 5. The molecule has 22 heavy (non-hydrogen) atoms.